The number of nitrogens with one attached hydrogen (secondary N) is 1. The monoisotopic (exact) mass is 363 g/mol. The first-order valence-electron chi connectivity index (χ1n) is 8.22. The molecule has 2 heterocycles. The number of rotatable bonds is 5. The Bertz CT molecular complexity index is 908. The molecule has 1 aromatic carbocycles. The molecule has 0 aliphatic heterocycles. The Balaban J connectivity index is 1.69. The van der Waals surface area contributed by atoms with E-state index in [0.29, 0.717) is 5.15 Å². The van der Waals surface area contributed by atoms with E-state index in [0.717, 1.165) is 22.3 Å². The molecule has 1 unspecified atom stereocenters. The summed E-state index contributed by atoms with van der Waals surface area (Å²) in [6.45, 7) is 1.96. The summed E-state index contributed by atoms with van der Waals surface area (Å²) in [5, 5.41) is 3.44. The van der Waals surface area contributed by atoms with E-state index in [1.165, 1.54) is 6.08 Å². The molecule has 0 saturated heterocycles. The fraction of sp³-hybridized carbons (Fsp3) is 0.0952. The highest BCUT2D eigenvalue weighted by atomic mass is 35.5. The normalized spacial score (nSPS) is 12.1. The van der Waals surface area contributed by atoms with E-state index in [-0.39, 0.29) is 11.9 Å². The summed E-state index contributed by atoms with van der Waals surface area (Å²) in [7, 11) is 0. The number of carbonyl (C=O) groups excluding carboxylic acids is 1. The van der Waals surface area contributed by atoms with E-state index >= 15 is 0 Å². The van der Waals surface area contributed by atoms with Crippen LogP contribution in [0.15, 0.2) is 73.2 Å². The molecule has 0 saturated carbocycles. The van der Waals surface area contributed by atoms with Gasteiger partial charge in [0.05, 0.1) is 6.04 Å². The lowest BCUT2D eigenvalue weighted by Gasteiger charge is -2.14. The summed E-state index contributed by atoms with van der Waals surface area (Å²) in [5.74, 6) is -0.145. The Morgan fingerprint density at radius 3 is 2.65 bits per heavy atom. The molecule has 0 aliphatic rings. The minimum Gasteiger partial charge on any atom is -0.346 e. The third-order valence-corrected chi connectivity index (χ3v) is 4.16. The summed E-state index contributed by atoms with van der Waals surface area (Å²) < 4.78 is 0. The van der Waals surface area contributed by atoms with Gasteiger partial charge in [0, 0.05) is 30.2 Å². The number of nitrogens with zero attached hydrogens (tertiary/aromatic N) is 2. The van der Waals surface area contributed by atoms with Gasteiger partial charge in [-0.15, -0.1) is 0 Å². The van der Waals surface area contributed by atoms with Gasteiger partial charge in [0.2, 0.25) is 5.91 Å². The molecule has 3 rings (SSSR count). The smallest absolute Gasteiger partial charge is 0.244 e. The number of halogens is 1. The Kier molecular flexibility index (Phi) is 5.77. The Hall–Kier alpha value is -2.98. The molecule has 130 valence electrons. The third-order valence-electron chi connectivity index (χ3n) is 3.94. The van der Waals surface area contributed by atoms with Crippen molar-refractivity contribution in [2.24, 2.45) is 0 Å². The quantitative estimate of drug-likeness (QED) is 0.528. The largest absolute Gasteiger partial charge is 0.346 e. The van der Waals surface area contributed by atoms with Crippen LogP contribution >= 0.6 is 11.6 Å². The van der Waals surface area contributed by atoms with E-state index in [1.54, 1.807) is 30.7 Å². The van der Waals surface area contributed by atoms with Crippen LogP contribution < -0.4 is 5.32 Å². The zero-order valence-corrected chi connectivity index (χ0v) is 15.0. The standard InChI is InChI=1S/C21H18ClN3O/c1-15(25-21(26)8-5-16-9-11-23-12-10-16)17-3-2-4-18(13-17)19-6-7-20(22)24-14-19/h2-15H,1H3,(H,25,26). The van der Waals surface area contributed by atoms with Gasteiger partial charge in [0.25, 0.3) is 0 Å². The molecule has 26 heavy (non-hydrogen) atoms. The van der Waals surface area contributed by atoms with Crippen molar-refractivity contribution < 1.29 is 4.79 Å². The molecular weight excluding hydrogens is 346 g/mol. The van der Waals surface area contributed by atoms with E-state index in [1.807, 2.05) is 49.4 Å². The van der Waals surface area contributed by atoms with Gasteiger partial charge < -0.3 is 5.32 Å². The zero-order valence-electron chi connectivity index (χ0n) is 14.3. The molecule has 0 fully saturated rings. The van der Waals surface area contributed by atoms with Crippen molar-refractivity contribution in [3.05, 3.63) is 89.5 Å². The molecule has 1 atom stereocenters. The Morgan fingerprint density at radius 2 is 1.92 bits per heavy atom. The third kappa shape index (κ3) is 4.77. The van der Waals surface area contributed by atoms with Crippen LogP contribution in [0.25, 0.3) is 17.2 Å². The van der Waals surface area contributed by atoms with Crippen molar-refractivity contribution in [3.8, 4) is 11.1 Å². The van der Waals surface area contributed by atoms with Gasteiger partial charge in [-0.05, 0) is 60.0 Å². The Labute approximate surface area is 157 Å². The first-order chi connectivity index (χ1) is 12.6. The van der Waals surface area contributed by atoms with E-state index in [2.05, 4.69) is 15.3 Å². The molecule has 1 N–H and O–H groups in total. The minimum atomic E-state index is -0.145. The lowest BCUT2D eigenvalue weighted by molar-refractivity contribution is -0.117. The van der Waals surface area contributed by atoms with Crippen molar-refractivity contribution in [1.29, 1.82) is 0 Å². The number of aromatic nitrogens is 2. The van der Waals surface area contributed by atoms with Crippen LogP contribution in [0.1, 0.15) is 24.1 Å². The molecule has 4 nitrogen and oxygen atoms in total. The van der Waals surface area contributed by atoms with Gasteiger partial charge in [0.15, 0.2) is 0 Å². The summed E-state index contributed by atoms with van der Waals surface area (Å²) in [5.41, 5.74) is 3.95. The van der Waals surface area contributed by atoms with Crippen LogP contribution in [0, 0.1) is 0 Å². The van der Waals surface area contributed by atoms with Crippen molar-refractivity contribution in [2.45, 2.75) is 13.0 Å². The first kappa shape index (κ1) is 17.8. The summed E-state index contributed by atoms with van der Waals surface area (Å²) in [6, 6.07) is 15.3. The van der Waals surface area contributed by atoms with Crippen LogP contribution in [0.3, 0.4) is 0 Å². The van der Waals surface area contributed by atoms with E-state index < -0.39 is 0 Å². The highest BCUT2D eigenvalue weighted by Gasteiger charge is 2.09. The topological polar surface area (TPSA) is 54.9 Å². The van der Waals surface area contributed by atoms with Crippen molar-refractivity contribution in [3.63, 3.8) is 0 Å². The number of hydrogen-bond acceptors (Lipinski definition) is 3. The van der Waals surface area contributed by atoms with Gasteiger partial charge in [-0.2, -0.15) is 0 Å². The second-order valence-electron chi connectivity index (χ2n) is 5.84. The first-order valence-corrected chi connectivity index (χ1v) is 8.60. The average molecular weight is 364 g/mol. The summed E-state index contributed by atoms with van der Waals surface area (Å²) >= 11 is 5.84. The van der Waals surface area contributed by atoms with Crippen LogP contribution in [0.2, 0.25) is 5.15 Å². The van der Waals surface area contributed by atoms with Crippen molar-refractivity contribution in [2.75, 3.05) is 0 Å². The highest BCUT2D eigenvalue weighted by molar-refractivity contribution is 6.29. The molecule has 2 aromatic heterocycles. The minimum absolute atomic E-state index is 0.121. The van der Waals surface area contributed by atoms with Gasteiger partial charge in [-0.1, -0.05) is 29.8 Å². The van der Waals surface area contributed by atoms with E-state index in [9.17, 15) is 4.79 Å². The van der Waals surface area contributed by atoms with Crippen LogP contribution in [0.5, 0.6) is 0 Å². The fourth-order valence-corrected chi connectivity index (χ4v) is 2.64. The highest BCUT2D eigenvalue weighted by Crippen LogP contribution is 2.23. The second-order valence-corrected chi connectivity index (χ2v) is 6.23. The van der Waals surface area contributed by atoms with Crippen LogP contribution in [-0.2, 0) is 4.79 Å². The van der Waals surface area contributed by atoms with Gasteiger partial charge in [0.1, 0.15) is 5.15 Å². The number of benzene rings is 1. The van der Waals surface area contributed by atoms with Crippen molar-refractivity contribution >= 4 is 23.6 Å². The molecule has 0 aliphatic carbocycles. The van der Waals surface area contributed by atoms with Gasteiger partial charge in [-0.25, -0.2) is 4.98 Å². The van der Waals surface area contributed by atoms with Gasteiger partial charge in [-0.3, -0.25) is 9.78 Å². The second kappa shape index (κ2) is 8.41. The predicted octanol–water partition coefficient (Wildman–Crippen LogP) is 4.69. The molecule has 0 bridgehead atoms. The maximum atomic E-state index is 12.2. The molecule has 3 aromatic rings. The van der Waals surface area contributed by atoms with Crippen LogP contribution in [0.4, 0.5) is 0 Å². The van der Waals surface area contributed by atoms with Crippen LogP contribution in [-0.4, -0.2) is 15.9 Å². The number of hydrogen-bond donors (Lipinski definition) is 1. The molecule has 0 radical (unpaired) electrons. The summed E-state index contributed by atoms with van der Waals surface area (Å²) in [4.78, 5) is 20.2. The molecule has 1 amide bonds. The lowest BCUT2D eigenvalue weighted by Crippen LogP contribution is -2.24. The maximum absolute atomic E-state index is 12.2. The Morgan fingerprint density at radius 1 is 1.12 bits per heavy atom. The fourth-order valence-electron chi connectivity index (χ4n) is 2.53. The molecule has 0 spiro atoms. The average Bonchev–Trinajstić information content (AvgIpc) is 2.68. The lowest BCUT2D eigenvalue weighted by atomic mass is 10.0. The van der Waals surface area contributed by atoms with E-state index in [4.69, 9.17) is 11.6 Å². The van der Waals surface area contributed by atoms with Gasteiger partial charge >= 0.3 is 0 Å². The number of carbonyl (C=O) groups is 1. The van der Waals surface area contributed by atoms with Crippen molar-refractivity contribution in [1.82, 2.24) is 15.3 Å². The maximum Gasteiger partial charge on any atom is 0.244 e. The predicted molar refractivity (Wildman–Crippen MR) is 105 cm³/mol. The molecule has 5 heteroatoms. The summed E-state index contributed by atoms with van der Waals surface area (Å²) in [6.07, 6.45) is 8.41. The number of pyridine rings is 2. The molecular formula is C21H18ClN3O. The SMILES string of the molecule is CC(NC(=O)C=Cc1ccncc1)c1cccc(-c2ccc(Cl)nc2)c1. The zero-order chi connectivity index (χ0) is 18.4. The number of amides is 1.